The van der Waals surface area contributed by atoms with Gasteiger partial charge in [0.2, 0.25) is 5.43 Å². The number of aryl methyl sites for hydroxylation is 1. The molecule has 0 saturated carbocycles. The van der Waals surface area contributed by atoms with Gasteiger partial charge in [0.15, 0.2) is 0 Å². The van der Waals surface area contributed by atoms with Crippen LogP contribution in [0.3, 0.4) is 0 Å². The van der Waals surface area contributed by atoms with Gasteiger partial charge in [0.25, 0.3) is 5.91 Å². The number of benzene rings is 1. The zero-order valence-corrected chi connectivity index (χ0v) is 12.1. The topological polar surface area (TPSA) is 114 Å². The lowest BCUT2D eigenvalue weighted by Gasteiger charge is -2.12. The molecule has 1 heterocycles. The summed E-state index contributed by atoms with van der Waals surface area (Å²) in [6.07, 6.45) is 1.27. The van der Waals surface area contributed by atoms with E-state index >= 15 is 0 Å². The number of carbonyl (C=O) groups excluding carboxylic acids is 1. The van der Waals surface area contributed by atoms with Crippen LogP contribution in [0.2, 0.25) is 0 Å². The minimum absolute atomic E-state index is 0.0396. The number of fused-ring (bicyclic) bond motifs is 1. The van der Waals surface area contributed by atoms with Gasteiger partial charge in [-0.25, -0.2) is 0 Å². The highest BCUT2D eigenvalue weighted by atomic mass is 16.4. The van der Waals surface area contributed by atoms with Crippen molar-refractivity contribution in [2.45, 2.75) is 19.9 Å². The van der Waals surface area contributed by atoms with Crippen LogP contribution in [0.4, 0.5) is 5.69 Å². The van der Waals surface area contributed by atoms with Crippen molar-refractivity contribution in [1.82, 2.24) is 9.88 Å². The molecule has 0 atom stereocenters. The number of aromatic nitrogens is 1. The van der Waals surface area contributed by atoms with Crippen LogP contribution >= 0.6 is 0 Å². The molecule has 1 amide bonds. The number of nitrogen functional groups attached to an aromatic ring is 1. The second-order valence-corrected chi connectivity index (χ2v) is 4.80. The number of rotatable bonds is 5. The maximum absolute atomic E-state index is 12.5. The van der Waals surface area contributed by atoms with E-state index in [0.29, 0.717) is 23.1 Å². The molecule has 1 aromatic carbocycles. The summed E-state index contributed by atoms with van der Waals surface area (Å²) in [5.74, 6) is -1.62. The van der Waals surface area contributed by atoms with Crippen molar-refractivity contribution < 1.29 is 14.7 Å². The summed E-state index contributed by atoms with van der Waals surface area (Å²) in [4.78, 5) is 35.1. The summed E-state index contributed by atoms with van der Waals surface area (Å²) in [5, 5.41) is 11.3. The fourth-order valence-corrected chi connectivity index (χ4v) is 2.26. The lowest BCUT2D eigenvalue weighted by molar-refractivity contribution is -0.136. The van der Waals surface area contributed by atoms with Crippen molar-refractivity contribution in [1.29, 1.82) is 0 Å². The van der Waals surface area contributed by atoms with Crippen molar-refractivity contribution in [2.24, 2.45) is 0 Å². The molecule has 4 N–H and O–H groups in total. The summed E-state index contributed by atoms with van der Waals surface area (Å²) in [6, 6.07) is 5.12. The SMILES string of the molecule is CCn1cc(C(=O)NCCC(=O)O)c(=O)c2c(N)cccc21. The van der Waals surface area contributed by atoms with E-state index in [1.165, 1.54) is 6.20 Å². The molecule has 0 radical (unpaired) electrons. The fraction of sp³-hybridized carbons (Fsp3) is 0.267. The first-order valence-corrected chi connectivity index (χ1v) is 6.87. The molecule has 0 fully saturated rings. The summed E-state index contributed by atoms with van der Waals surface area (Å²) >= 11 is 0. The maximum atomic E-state index is 12.5. The molecule has 0 aliphatic rings. The Morgan fingerprint density at radius 2 is 2.09 bits per heavy atom. The fourth-order valence-electron chi connectivity index (χ4n) is 2.26. The van der Waals surface area contributed by atoms with Gasteiger partial charge in [0, 0.05) is 25.0 Å². The van der Waals surface area contributed by atoms with Crippen LogP contribution in [0.1, 0.15) is 23.7 Å². The van der Waals surface area contributed by atoms with E-state index in [1.807, 2.05) is 6.92 Å². The zero-order valence-electron chi connectivity index (χ0n) is 12.1. The summed E-state index contributed by atoms with van der Waals surface area (Å²) in [6.45, 7) is 2.41. The number of amides is 1. The molecule has 0 bridgehead atoms. The van der Waals surface area contributed by atoms with Crippen molar-refractivity contribution in [3.8, 4) is 0 Å². The standard InChI is InChI=1S/C15H17N3O4/c1-2-18-8-9(15(22)17-7-6-12(19)20)14(21)13-10(16)4-3-5-11(13)18/h3-5,8H,2,6-7,16H2,1H3,(H,17,22)(H,19,20). The molecule has 7 heteroatoms. The Balaban J connectivity index is 2.48. The van der Waals surface area contributed by atoms with E-state index in [4.69, 9.17) is 10.8 Å². The lowest BCUT2D eigenvalue weighted by Crippen LogP contribution is -2.31. The van der Waals surface area contributed by atoms with Crippen molar-refractivity contribution in [2.75, 3.05) is 12.3 Å². The second kappa shape index (κ2) is 6.30. The van der Waals surface area contributed by atoms with Crippen molar-refractivity contribution in [3.05, 3.63) is 40.2 Å². The number of nitrogens with two attached hydrogens (primary N) is 1. The Bertz CT molecular complexity index is 795. The molecule has 0 saturated heterocycles. The monoisotopic (exact) mass is 303 g/mol. The van der Waals surface area contributed by atoms with E-state index < -0.39 is 17.3 Å². The van der Waals surface area contributed by atoms with Gasteiger partial charge in [-0.05, 0) is 19.1 Å². The van der Waals surface area contributed by atoms with Gasteiger partial charge in [-0.3, -0.25) is 14.4 Å². The Hall–Kier alpha value is -2.83. The van der Waals surface area contributed by atoms with Crippen LogP contribution in [0, 0.1) is 0 Å². The number of anilines is 1. The normalized spacial score (nSPS) is 10.6. The van der Waals surface area contributed by atoms with Crippen LogP contribution < -0.4 is 16.5 Å². The molecular formula is C15H17N3O4. The van der Waals surface area contributed by atoms with Gasteiger partial charge in [-0.1, -0.05) is 6.07 Å². The first-order valence-electron chi connectivity index (χ1n) is 6.87. The van der Waals surface area contributed by atoms with E-state index in [0.717, 1.165) is 0 Å². The maximum Gasteiger partial charge on any atom is 0.305 e. The molecule has 2 rings (SSSR count). The van der Waals surface area contributed by atoms with Crippen molar-refractivity contribution >= 4 is 28.5 Å². The van der Waals surface area contributed by atoms with Crippen molar-refractivity contribution in [3.63, 3.8) is 0 Å². The summed E-state index contributed by atoms with van der Waals surface area (Å²) in [7, 11) is 0. The lowest BCUT2D eigenvalue weighted by atomic mass is 10.1. The average molecular weight is 303 g/mol. The minimum atomic E-state index is -1.02. The van der Waals surface area contributed by atoms with E-state index in [2.05, 4.69) is 5.32 Å². The molecule has 116 valence electrons. The van der Waals surface area contributed by atoms with Crippen LogP contribution in [-0.2, 0) is 11.3 Å². The molecule has 0 aliphatic carbocycles. The first kappa shape index (κ1) is 15.6. The Morgan fingerprint density at radius 3 is 2.73 bits per heavy atom. The van der Waals surface area contributed by atoms with Gasteiger partial charge >= 0.3 is 5.97 Å². The number of carbonyl (C=O) groups is 2. The number of hydrogen-bond acceptors (Lipinski definition) is 4. The number of carboxylic acids is 1. The predicted octanol–water partition coefficient (Wildman–Crippen LogP) is 0.808. The average Bonchev–Trinajstić information content (AvgIpc) is 2.47. The van der Waals surface area contributed by atoms with Gasteiger partial charge in [-0.15, -0.1) is 0 Å². The Morgan fingerprint density at radius 1 is 1.36 bits per heavy atom. The molecule has 0 aliphatic heterocycles. The third-order valence-electron chi connectivity index (χ3n) is 3.35. The quantitative estimate of drug-likeness (QED) is 0.707. The predicted molar refractivity (Wildman–Crippen MR) is 82.9 cm³/mol. The third-order valence-corrected chi connectivity index (χ3v) is 3.35. The number of nitrogens with zero attached hydrogens (tertiary/aromatic N) is 1. The van der Waals surface area contributed by atoms with Gasteiger partial charge in [-0.2, -0.15) is 0 Å². The molecule has 1 aromatic heterocycles. The van der Waals surface area contributed by atoms with Gasteiger partial charge in [0.05, 0.1) is 17.3 Å². The largest absolute Gasteiger partial charge is 0.481 e. The van der Waals surface area contributed by atoms with Crippen LogP contribution in [-0.4, -0.2) is 28.1 Å². The summed E-state index contributed by atoms with van der Waals surface area (Å²) < 4.78 is 1.76. The molecule has 0 unspecified atom stereocenters. The smallest absolute Gasteiger partial charge is 0.305 e. The van der Waals surface area contributed by atoms with E-state index in [1.54, 1.807) is 22.8 Å². The van der Waals surface area contributed by atoms with Crippen LogP contribution in [0.5, 0.6) is 0 Å². The molecule has 0 spiro atoms. The van der Waals surface area contributed by atoms with Crippen LogP contribution in [0.25, 0.3) is 10.9 Å². The summed E-state index contributed by atoms with van der Waals surface area (Å²) in [5.41, 5.74) is 6.34. The first-order chi connectivity index (χ1) is 10.5. The highest BCUT2D eigenvalue weighted by Gasteiger charge is 2.16. The number of hydrogen-bond donors (Lipinski definition) is 3. The second-order valence-electron chi connectivity index (χ2n) is 4.80. The van der Waals surface area contributed by atoms with E-state index in [-0.39, 0.29) is 18.5 Å². The minimum Gasteiger partial charge on any atom is -0.481 e. The number of aliphatic carboxylic acids is 1. The Kier molecular flexibility index (Phi) is 4.45. The number of carboxylic acid groups (broad SMARTS) is 1. The third kappa shape index (κ3) is 2.93. The van der Waals surface area contributed by atoms with Gasteiger partial charge in [0.1, 0.15) is 5.56 Å². The Labute approximate surface area is 126 Å². The molecular weight excluding hydrogens is 286 g/mol. The highest BCUT2D eigenvalue weighted by Crippen LogP contribution is 2.18. The molecule has 7 nitrogen and oxygen atoms in total. The van der Waals surface area contributed by atoms with E-state index in [9.17, 15) is 14.4 Å². The number of pyridine rings is 1. The molecule has 2 aromatic rings. The zero-order chi connectivity index (χ0) is 16.3. The van der Waals surface area contributed by atoms with Gasteiger partial charge < -0.3 is 20.7 Å². The van der Waals surface area contributed by atoms with Crippen LogP contribution in [0.15, 0.2) is 29.2 Å². The molecule has 22 heavy (non-hydrogen) atoms. The highest BCUT2D eigenvalue weighted by molar-refractivity contribution is 6.00. The number of nitrogens with one attached hydrogen (secondary N) is 1.